The number of hydrogen-bond acceptors (Lipinski definition) is 13. The summed E-state index contributed by atoms with van der Waals surface area (Å²) in [5.41, 5.74) is 5.26. The van der Waals surface area contributed by atoms with Crippen molar-refractivity contribution < 1.29 is 24.3 Å². The van der Waals surface area contributed by atoms with Crippen molar-refractivity contribution in [3.8, 4) is 0 Å². The van der Waals surface area contributed by atoms with Gasteiger partial charge in [0.1, 0.15) is 21.8 Å². The molecule has 0 aliphatic carbocycles. The third-order valence-corrected chi connectivity index (χ3v) is 9.30. The quantitative estimate of drug-likeness (QED) is 0.232. The number of carboxylic acids is 1. The number of nitrogens with two attached hydrogens (primary N) is 1. The Balaban J connectivity index is 1.31. The summed E-state index contributed by atoms with van der Waals surface area (Å²) in [6.07, 6.45) is 1.84. The second-order valence-electron chi connectivity index (χ2n) is 8.20. The lowest BCUT2D eigenvalue weighted by Crippen LogP contribution is -2.71. The van der Waals surface area contributed by atoms with Gasteiger partial charge in [0.2, 0.25) is 17.1 Å². The van der Waals surface area contributed by atoms with Crippen LogP contribution in [0.4, 0.5) is 10.3 Å². The molecule has 3 unspecified atom stereocenters. The molecule has 0 aromatic carbocycles. The summed E-state index contributed by atoms with van der Waals surface area (Å²) >= 11 is 9.12. The lowest BCUT2D eigenvalue weighted by atomic mass is 9.86. The van der Waals surface area contributed by atoms with E-state index in [1.54, 1.807) is 4.90 Å². The molecule has 2 fully saturated rings. The van der Waals surface area contributed by atoms with E-state index in [1.165, 1.54) is 11.3 Å². The van der Waals surface area contributed by atoms with Crippen LogP contribution in [-0.4, -0.2) is 67.5 Å². The number of anilines is 2. The van der Waals surface area contributed by atoms with E-state index in [4.69, 9.17) is 17.3 Å². The number of aliphatic carboxylic acids is 1. The van der Waals surface area contributed by atoms with Gasteiger partial charge >= 0.3 is 5.97 Å². The molecule has 4 N–H and O–H groups in total. The van der Waals surface area contributed by atoms with Gasteiger partial charge in [0.25, 0.3) is 11.8 Å². The number of fused-ring (bicyclic) bond motifs is 1. The van der Waals surface area contributed by atoms with E-state index < -0.39 is 35.9 Å². The highest BCUT2D eigenvalue weighted by Gasteiger charge is 2.54. The van der Waals surface area contributed by atoms with Gasteiger partial charge in [-0.15, -0.1) is 15.1 Å². The minimum absolute atomic E-state index is 0.0307. The third-order valence-electron chi connectivity index (χ3n) is 6.04. The van der Waals surface area contributed by atoms with Crippen molar-refractivity contribution in [2.75, 3.05) is 17.2 Å². The number of thioether (sulfide) groups is 1. The minimum atomic E-state index is -1.61. The van der Waals surface area contributed by atoms with E-state index in [0.29, 0.717) is 40.2 Å². The summed E-state index contributed by atoms with van der Waals surface area (Å²) in [6, 6.07) is -3.27. The number of thiazole rings is 1. The van der Waals surface area contributed by atoms with Gasteiger partial charge in [-0.1, -0.05) is 46.0 Å². The summed E-state index contributed by atoms with van der Waals surface area (Å²) < 4.78 is 0.474. The Morgan fingerprint density at radius 1 is 1.27 bits per heavy atom. The Labute approximate surface area is 225 Å². The van der Waals surface area contributed by atoms with Crippen molar-refractivity contribution in [1.82, 2.24) is 25.4 Å². The van der Waals surface area contributed by atoms with Crippen LogP contribution in [0, 0.1) is 4.91 Å². The number of nitrogens with one attached hydrogen (secondary N) is 1. The van der Waals surface area contributed by atoms with Gasteiger partial charge in [-0.3, -0.25) is 24.2 Å². The molecule has 2 saturated heterocycles. The van der Waals surface area contributed by atoms with Crippen LogP contribution in [-0.2, 0) is 19.2 Å². The summed E-state index contributed by atoms with van der Waals surface area (Å²) in [6.45, 7) is 0.556. The fourth-order valence-corrected chi connectivity index (χ4v) is 7.47. The van der Waals surface area contributed by atoms with Gasteiger partial charge in [-0.05, 0) is 24.4 Å². The van der Waals surface area contributed by atoms with Gasteiger partial charge in [0.15, 0.2) is 9.47 Å². The molecule has 3 aliphatic rings. The van der Waals surface area contributed by atoms with Crippen LogP contribution < -0.4 is 16.0 Å². The van der Waals surface area contributed by atoms with Gasteiger partial charge in [0, 0.05) is 17.9 Å². The number of nitroso groups, excluding NO2 is 1. The van der Waals surface area contributed by atoms with Crippen molar-refractivity contribution in [3.05, 3.63) is 25.5 Å². The molecule has 0 saturated carbocycles. The Hall–Kier alpha value is -3.15. The number of nitrogen functional groups attached to an aromatic ring is 1. The maximum atomic E-state index is 12.9. The number of rotatable bonds is 8. The van der Waals surface area contributed by atoms with E-state index in [1.807, 2.05) is 0 Å². The van der Waals surface area contributed by atoms with E-state index in [9.17, 15) is 29.2 Å². The van der Waals surface area contributed by atoms with Gasteiger partial charge in [-0.25, -0.2) is 9.78 Å². The molecule has 5 heterocycles. The maximum Gasteiger partial charge on any atom is 0.353 e. The van der Waals surface area contributed by atoms with Crippen LogP contribution in [0.3, 0.4) is 0 Å². The molecule has 18 heteroatoms. The lowest BCUT2D eigenvalue weighted by Gasteiger charge is -2.50. The Morgan fingerprint density at radius 2 is 2.05 bits per heavy atom. The normalized spacial score (nSPS) is 22.1. The zero-order valence-electron chi connectivity index (χ0n) is 18.6. The molecule has 2 aromatic rings. The fraction of sp³-hybridized carbons (Fsp3) is 0.421. The smallest absolute Gasteiger partial charge is 0.353 e. The molecule has 0 bridgehead atoms. The van der Waals surface area contributed by atoms with Gasteiger partial charge < -0.3 is 16.2 Å². The van der Waals surface area contributed by atoms with Crippen molar-refractivity contribution in [3.63, 3.8) is 0 Å². The summed E-state index contributed by atoms with van der Waals surface area (Å²) in [4.78, 5) is 68.1. The standard InChI is InChI=1S/C19H17ClN8O6S3/c20-13-10(23-17(21)36-13)11(26-34)14(30)22-9-6-3-4-7(12(16(32)33)28(6)15(9)31)35-19-25-24-18(37-19)27-5-1-2-8(27)29/h6,9,11H,1-5H2,(H2,21,23)(H,22,30)(H,32,33). The first-order valence-corrected chi connectivity index (χ1v) is 13.7. The van der Waals surface area contributed by atoms with Crippen molar-refractivity contribution in [2.45, 2.75) is 48.1 Å². The van der Waals surface area contributed by atoms with Gasteiger partial charge in [0.05, 0.1) is 6.04 Å². The average Bonchev–Trinajstić information content (AvgIpc) is 3.57. The maximum absolute atomic E-state index is 12.9. The first-order chi connectivity index (χ1) is 17.7. The van der Waals surface area contributed by atoms with E-state index in [2.05, 4.69) is 25.7 Å². The SMILES string of the molecule is Nc1nc(C(N=O)C(=O)NC2C(=O)N3C(C(=O)O)=C(Sc4nnc(N5CCCC5=O)s4)CCC23)c(Cl)s1. The first kappa shape index (κ1) is 25.5. The molecule has 3 aliphatic heterocycles. The number of allylic oxidation sites excluding steroid dienone is 1. The molecule has 5 rings (SSSR count). The Kier molecular flexibility index (Phi) is 6.86. The van der Waals surface area contributed by atoms with Gasteiger partial charge in [-0.2, -0.15) is 0 Å². The molecule has 3 amide bonds. The Bertz CT molecular complexity index is 1360. The number of aromatic nitrogens is 3. The zero-order chi connectivity index (χ0) is 26.4. The second-order valence-corrected chi connectivity index (χ2v) is 12.1. The number of amides is 3. The first-order valence-electron chi connectivity index (χ1n) is 10.8. The summed E-state index contributed by atoms with van der Waals surface area (Å²) in [7, 11) is 0. The topological polar surface area (TPSA) is 201 Å². The largest absolute Gasteiger partial charge is 0.477 e. The third kappa shape index (κ3) is 4.55. The molecule has 2 aromatic heterocycles. The molecule has 0 spiro atoms. The monoisotopic (exact) mass is 584 g/mol. The van der Waals surface area contributed by atoms with Crippen molar-refractivity contribution >= 4 is 80.0 Å². The predicted octanol–water partition coefficient (Wildman–Crippen LogP) is 1.74. The fourth-order valence-electron chi connectivity index (χ4n) is 4.39. The number of halogens is 1. The number of nitrogens with zero attached hydrogens (tertiary/aromatic N) is 6. The van der Waals surface area contributed by atoms with E-state index in [0.717, 1.165) is 34.4 Å². The van der Waals surface area contributed by atoms with Crippen LogP contribution in [0.1, 0.15) is 37.4 Å². The highest BCUT2D eigenvalue weighted by Crippen LogP contribution is 2.44. The average molecular weight is 585 g/mol. The predicted molar refractivity (Wildman–Crippen MR) is 134 cm³/mol. The minimum Gasteiger partial charge on any atom is -0.477 e. The molecule has 37 heavy (non-hydrogen) atoms. The second kappa shape index (κ2) is 9.96. The Morgan fingerprint density at radius 3 is 2.68 bits per heavy atom. The summed E-state index contributed by atoms with van der Waals surface area (Å²) in [5.74, 6) is -2.87. The molecule has 3 atom stereocenters. The van der Waals surface area contributed by atoms with Crippen LogP contribution >= 0.6 is 46.0 Å². The molecular weight excluding hydrogens is 568 g/mol. The molecular formula is C19H17ClN8O6S3. The number of β-lactam (4-membered cyclic amide) rings is 1. The van der Waals surface area contributed by atoms with Crippen LogP contribution in [0.25, 0.3) is 0 Å². The lowest BCUT2D eigenvalue weighted by molar-refractivity contribution is -0.156. The highest BCUT2D eigenvalue weighted by atomic mass is 35.5. The number of carboxylic acid groups (broad SMARTS) is 1. The molecule has 194 valence electrons. The number of carbonyl (C=O) groups is 4. The van der Waals surface area contributed by atoms with Crippen molar-refractivity contribution in [1.29, 1.82) is 0 Å². The van der Waals surface area contributed by atoms with Crippen molar-refractivity contribution in [2.24, 2.45) is 5.18 Å². The number of carbonyl (C=O) groups excluding carboxylic acids is 3. The summed E-state index contributed by atoms with van der Waals surface area (Å²) in [5, 5.41) is 23.8. The zero-order valence-corrected chi connectivity index (χ0v) is 21.8. The van der Waals surface area contributed by atoms with Crippen LogP contribution in [0.2, 0.25) is 4.34 Å². The van der Waals surface area contributed by atoms with Crippen LogP contribution in [0.15, 0.2) is 20.1 Å². The number of hydrogen-bond donors (Lipinski definition) is 3. The molecule has 14 nitrogen and oxygen atoms in total. The highest BCUT2D eigenvalue weighted by molar-refractivity contribution is 8.04. The van der Waals surface area contributed by atoms with Crippen LogP contribution in [0.5, 0.6) is 0 Å². The van der Waals surface area contributed by atoms with E-state index >= 15 is 0 Å². The molecule has 0 radical (unpaired) electrons. The van der Waals surface area contributed by atoms with E-state index in [-0.39, 0.29) is 26.8 Å².